The molecular weight excluding hydrogens is 447 g/mol. The molecule has 2 aromatic carbocycles. The molecule has 0 nitrogen and oxygen atoms in total. The second-order valence-electron chi connectivity index (χ2n) is 6.62. The molecule has 142 valence electrons. The van der Waals surface area contributed by atoms with Gasteiger partial charge in [0.2, 0.25) is 0 Å². The molecule has 0 radical (unpaired) electrons. The Balaban J connectivity index is 0.00000225. The Bertz CT molecular complexity index is 743. The van der Waals surface area contributed by atoms with E-state index in [9.17, 15) is 0 Å². The standard InChI is InChI=1S/C22H25Si.3ClH.Ti/c1-2-3-6-13-19-16-21(23-20-14-9-5-10-15-20)17-22(19)18-11-7-4-8-12-18;;;;/h4-5,7-12,14-15H,2-3,6,13,16,23H2,1H3;3*1H;/q;;;;+3/p-3. The number of hydrogen-bond donors (Lipinski definition) is 0. The van der Waals surface area contributed by atoms with E-state index >= 15 is 0 Å². The number of rotatable bonds is 7. The molecule has 0 heterocycles. The Morgan fingerprint density at radius 1 is 0.852 bits per heavy atom. The summed E-state index contributed by atoms with van der Waals surface area (Å²) in [5.74, 6) is 0. The van der Waals surface area contributed by atoms with Crippen LogP contribution in [0, 0.1) is 0 Å². The molecule has 2 aromatic rings. The summed E-state index contributed by atoms with van der Waals surface area (Å²) in [6.45, 7) is 2.29. The largest absolute Gasteiger partial charge is 1.00 e. The molecule has 0 N–H and O–H groups in total. The summed E-state index contributed by atoms with van der Waals surface area (Å²) >= 11 is 2.36. The van der Waals surface area contributed by atoms with Crippen LogP contribution in [0.5, 0.6) is 0 Å². The van der Waals surface area contributed by atoms with Gasteiger partial charge in [-0.3, -0.25) is 0 Å². The fraction of sp³-hybridized carbons (Fsp3) is 0.273. The molecular formula is C22H25Cl3SiTi. The monoisotopic (exact) mass is 470 g/mol. The van der Waals surface area contributed by atoms with Crippen LogP contribution in [0.4, 0.5) is 0 Å². The molecule has 0 atom stereocenters. The molecule has 1 aliphatic carbocycles. The van der Waals surface area contributed by atoms with Gasteiger partial charge in [0.15, 0.2) is 0 Å². The van der Waals surface area contributed by atoms with Gasteiger partial charge in [0.05, 0.1) is 0 Å². The Morgan fingerprint density at radius 3 is 2.04 bits per heavy atom. The molecule has 0 fully saturated rings. The zero-order valence-electron chi connectivity index (χ0n) is 15.7. The van der Waals surface area contributed by atoms with Crippen LogP contribution in [0.2, 0.25) is 0 Å². The van der Waals surface area contributed by atoms with Gasteiger partial charge in [0, 0.05) is 0 Å². The van der Waals surface area contributed by atoms with Crippen molar-refractivity contribution in [1.82, 2.24) is 0 Å². The van der Waals surface area contributed by atoms with Gasteiger partial charge in [0.1, 0.15) is 0 Å². The maximum atomic E-state index is 2.36. The third-order valence-corrected chi connectivity index (χ3v) is 8.19. The summed E-state index contributed by atoms with van der Waals surface area (Å²) in [6, 6.07) is 22.1. The number of unbranched alkanes of at least 4 members (excludes halogenated alkanes) is 2. The smallest absolute Gasteiger partial charge is 1.00 e. The molecule has 0 aromatic heterocycles. The summed E-state index contributed by atoms with van der Waals surface area (Å²) in [5, 5.41) is 3.31. The number of benzene rings is 2. The molecule has 0 saturated carbocycles. The fourth-order valence-electron chi connectivity index (χ4n) is 3.54. The van der Waals surface area contributed by atoms with Crippen LogP contribution in [0.15, 0.2) is 75.3 Å². The zero-order chi connectivity index (χ0) is 16.8. The number of allylic oxidation sites excluding steroid dienone is 4. The Morgan fingerprint density at radius 2 is 1.44 bits per heavy atom. The van der Waals surface area contributed by atoms with Gasteiger partial charge in [-0.15, -0.1) is 0 Å². The van der Waals surface area contributed by atoms with Crippen molar-refractivity contribution in [2.75, 3.05) is 0 Å². The van der Waals surface area contributed by atoms with Crippen molar-refractivity contribution in [3.63, 3.8) is 0 Å². The minimum atomic E-state index is -0.341. The summed E-state index contributed by atoms with van der Waals surface area (Å²) in [6.07, 6.45) is 6.46. The fourth-order valence-corrected chi connectivity index (χ4v) is 6.37. The molecule has 1 aliphatic rings. The predicted molar refractivity (Wildman–Crippen MR) is 104 cm³/mol. The van der Waals surface area contributed by atoms with E-state index in [2.05, 4.69) is 88.0 Å². The van der Waals surface area contributed by atoms with Crippen molar-refractivity contribution in [3.05, 3.63) is 80.9 Å². The minimum absolute atomic E-state index is 0. The normalized spacial score (nSPS) is 13.4. The first kappa shape index (κ1) is 26.7. The molecule has 27 heavy (non-hydrogen) atoms. The quantitative estimate of drug-likeness (QED) is 0.283. The van der Waals surface area contributed by atoms with Crippen LogP contribution >= 0.6 is 0 Å². The first-order valence-electron chi connectivity index (χ1n) is 9.05. The van der Waals surface area contributed by atoms with Crippen LogP contribution in [0.25, 0.3) is 5.57 Å². The number of hydrogen-bond acceptors (Lipinski definition) is 0. The average Bonchev–Trinajstić information content (AvgIpc) is 2.92. The summed E-state index contributed by atoms with van der Waals surface area (Å²) in [7, 11) is -0.341. The molecule has 0 saturated heterocycles. The molecule has 0 aliphatic heterocycles. The van der Waals surface area contributed by atoms with Crippen LogP contribution in [-0.4, -0.2) is 9.52 Å². The molecule has 0 amide bonds. The van der Waals surface area contributed by atoms with E-state index in [-0.39, 0.29) is 46.7 Å². The SMILES string of the molecule is CCCCCC1=C(c2ccccc2)[C]([Ti+3])=C([SiH2]c2ccccc2)C1.[Cl-].[Cl-].[Cl-]. The molecule has 0 spiro atoms. The van der Waals surface area contributed by atoms with E-state index in [4.69, 9.17) is 0 Å². The molecule has 3 rings (SSSR count). The third kappa shape index (κ3) is 7.24. The number of halogens is 3. The van der Waals surface area contributed by atoms with Crippen molar-refractivity contribution in [3.8, 4) is 0 Å². The van der Waals surface area contributed by atoms with Crippen LogP contribution in [0.3, 0.4) is 0 Å². The average molecular weight is 472 g/mol. The van der Waals surface area contributed by atoms with Crippen LogP contribution in [-0.2, 0) is 20.4 Å². The van der Waals surface area contributed by atoms with Crippen molar-refractivity contribution >= 4 is 20.3 Å². The van der Waals surface area contributed by atoms with E-state index in [1.165, 1.54) is 37.7 Å². The van der Waals surface area contributed by atoms with Gasteiger partial charge in [-0.05, 0) is 0 Å². The van der Waals surface area contributed by atoms with Crippen LogP contribution < -0.4 is 42.4 Å². The summed E-state index contributed by atoms with van der Waals surface area (Å²) < 4.78 is 1.57. The first-order valence-corrected chi connectivity index (χ1v) is 11.2. The Labute approximate surface area is 196 Å². The Kier molecular flexibility index (Phi) is 13.7. The second-order valence-corrected chi connectivity index (χ2v) is 9.42. The van der Waals surface area contributed by atoms with Gasteiger partial charge in [-0.1, -0.05) is 0 Å². The zero-order valence-corrected chi connectivity index (χ0v) is 20.9. The topological polar surface area (TPSA) is 0 Å². The first-order chi connectivity index (χ1) is 11.8. The maximum absolute atomic E-state index is 2.36. The van der Waals surface area contributed by atoms with Crippen molar-refractivity contribution in [2.45, 2.75) is 39.0 Å². The maximum Gasteiger partial charge on any atom is -1.00 e. The second kappa shape index (κ2) is 13.8. The van der Waals surface area contributed by atoms with Crippen LogP contribution in [0.1, 0.15) is 44.6 Å². The van der Waals surface area contributed by atoms with E-state index in [1.54, 1.807) is 25.4 Å². The van der Waals surface area contributed by atoms with Gasteiger partial charge in [-0.2, -0.15) is 0 Å². The van der Waals surface area contributed by atoms with Crippen molar-refractivity contribution in [1.29, 1.82) is 0 Å². The van der Waals surface area contributed by atoms with E-state index in [1.807, 2.05) is 0 Å². The van der Waals surface area contributed by atoms with E-state index in [0.29, 0.717) is 0 Å². The molecule has 5 heteroatoms. The van der Waals surface area contributed by atoms with Gasteiger partial charge in [-0.25, -0.2) is 0 Å². The minimum Gasteiger partial charge on any atom is -1.00 e. The molecule has 0 unspecified atom stereocenters. The molecule has 0 bridgehead atoms. The van der Waals surface area contributed by atoms with E-state index < -0.39 is 0 Å². The van der Waals surface area contributed by atoms with E-state index in [0.717, 1.165) is 0 Å². The van der Waals surface area contributed by atoms with Crippen molar-refractivity contribution < 1.29 is 57.7 Å². The van der Waals surface area contributed by atoms with Gasteiger partial charge < -0.3 is 37.2 Å². The summed E-state index contributed by atoms with van der Waals surface area (Å²) in [4.78, 5) is 0. The van der Waals surface area contributed by atoms with Crippen molar-refractivity contribution in [2.24, 2.45) is 0 Å². The predicted octanol–water partition coefficient (Wildman–Crippen LogP) is -4.31. The Hall–Kier alpha value is -0.279. The van der Waals surface area contributed by atoms with Gasteiger partial charge in [0.25, 0.3) is 0 Å². The summed E-state index contributed by atoms with van der Waals surface area (Å²) in [5.41, 5.74) is 4.66. The third-order valence-electron chi connectivity index (χ3n) is 4.79. The van der Waals surface area contributed by atoms with Gasteiger partial charge >= 0.3 is 161 Å².